The predicted octanol–water partition coefficient (Wildman–Crippen LogP) is 1.32. The lowest BCUT2D eigenvalue weighted by Gasteiger charge is -2.14. The highest BCUT2D eigenvalue weighted by Crippen LogP contribution is 2.15. The maximum Gasteiger partial charge on any atom is 0.279 e. The van der Waals surface area contributed by atoms with Crippen molar-refractivity contribution in [2.75, 3.05) is 37.4 Å². The van der Waals surface area contributed by atoms with Crippen molar-refractivity contribution in [2.45, 2.75) is 6.92 Å². The fraction of sp³-hybridized carbons (Fsp3) is 0.263. The molecule has 0 spiro atoms. The van der Waals surface area contributed by atoms with Crippen molar-refractivity contribution < 1.29 is 23.6 Å². The minimum Gasteiger partial charge on any atom is -0.494 e. The number of quaternary nitrogens is 1. The summed E-state index contributed by atoms with van der Waals surface area (Å²) in [4.78, 5) is 24.8. The fourth-order valence-electron chi connectivity index (χ4n) is 2.36. The van der Waals surface area contributed by atoms with E-state index in [1.165, 1.54) is 24.3 Å². The number of anilines is 2. The third-order valence-corrected chi connectivity index (χ3v) is 3.50. The molecule has 0 aliphatic rings. The van der Waals surface area contributed by atoms with E-state index < -0.39 is 0 Å². The summed E-state index contributed by atoms with van der Waals surface area (Å²) in [5.41, 5.74) is 1.19. The molecule has 0 aliphatic heterocycles. The van der Waals surface area contributed by atoms with Crippen molar-refractivity contribution in [2.24, 2.45) is 0 Å². The molecule has 0 saturated carbocycles. The van der Waals surface area contributed by atoms with Crippen molar-refractivity contribution in [3.05, 3.63) is 54.3 Å². The second-order valence-corrected chi connectivity index (χ2v) is 5.87. The SMILES string of the molecule is CCOc1ccc(NC(=O)C[NH+](C)CC(=O)Nc2ccc(F)cc2)cc1. The van der Waals surface area contributed by atoms with E-state index >= 15 is 0 Å². The van der Waals surface area contributed by atoms with Gasteiger partial charge in [0.25, 0.3) is 11.8 Å². The lowest BCUT2D eigenvalue weighted by molar-refractivity contribution is -0.862. The topological polar surface area (TPSA) is 71.9 Å². The third-order valence-electron chi connectivity index (χ3n) is 3.50. The first-order valence-electron chi connectivity index (χ1n) is 8.35. The zero-order valence-corrected chi connectivity index (χ0v) is 14.8. The van der Waals surface area contributed by atoms with Crippen LogP contribution >= 0.6 is 0 Å². The van der Waals surface area contributed by atoms with Crippen molar-refractivity contribution in [1.82, 2.24) is 0 Å². The highest BCUT2D eigenvalue weighted by molar-refractivity contribution is 5.93. The number of hydrogen-bond donors (Lipinski definition) is 3. The summed E-state index contributed by atoms with van der Waals surface area (Å²) < 4.78 is 18.2. The summed E-state index contributed by atoms with van der Waals surface area (Å²) in [5.74, 6) is -0.0633. The monoisotopic (exact) mass is 360 g/mol. The first kappa shape index (κ1) is 19.4. The Bertz CT molecular complexity index is 733. The van der Waals surface area contributed by atoms with Crippen molar-refractivity contribution in [3.63, 3.8) is 0 Å². The molecule has 0 aromatic heterocycles. The minimum absolute atomic E-state index is 0.119. The third kappa shape index (κ3) is 6.52. The lowest BCUT2D eigenvalue weighted by Crippen LogP contribution is -3.11. The van der Waals surface area contributed by atoms with Crippen LogP contribution < -0.4 is 20.3 Å². The van der Waals surface area contributed by atoms with Gasteiger partial charge >= 0.3 is 0 Å². The Morgan fingerprint density at radius 1 is 0.923 bits per heavy atom. The van der Waals surface area contributed by atoms with E-state index in [4.69, 9.17) is 4.74 Å². The summed E-state index contributed by atoms with van der Waals surface area (Å²) in [6.45, 7) is 2.75. The molecule has 1 atom stereocenters. The number of ether oxygens (including phenoxy) is 1. The van der Waals surface area contributed by atoms with Crippen LogP contribution in [0.15, 0.2) is 48.5 Å². The average Bonchev–Trinajstić information content (AvgIpc) is 2.58. The molecule has 26 heavy (non-hydrogen) atoms. The molecule has 7 heteroatoms. The van der Waals surface area contributed by atoms with Crippen LogP contribution in [0.25, 0.3) is 0 Å². The summed E-state index contributed by atoms with van der Waals surface area (Å²) in [6.07, 6.45) is 0. The average molecular weight is 360 g/mol. The van der Waals surface area contributed by atoms with Gasteiger partial charge in [-0.05, 0) is 55.5 Å². The molecule has 138 valence electrons. The Morgan fingerprint density at radius 2 is 1.38 bits per heavy atom. The Kier molecular flexibility index (Phi) is 7.11. The number of carbonyl (C=O) groups excluding carboxylic acids is 2. The van der Waals surface area contributed by atoms with Crippen LogP contribution in [-0.2, 0) is 9.59 Å². The number of likely N-dealkylation sites (N-methyl/N-ethyl adjacent to an activating group) is 1. The summed E-state index contributed by atoms with van der Waals surface area (Å²) in [6, 6.07) is 12.6. The Balaban J connectivity index is 1.77. The largest absolute Gasteiger partial charge is 0.494 e. The predicted molar refractivity (Wildman–Crippen MR) is 97.9 cm³/mol. The van der Waals surface area contributed by atoms with Gasteiger partial charge in [-0.15, -0.1) is 0 Å². The lowest BCUT2D eigenvalue weighted by atomic mass is 10.3. The number of halogens is 1. The molecule has 0 bridgehead atoms. The Labute approximate surface area is 152 Å². The molecule has 2 aromatic rings. The molecule has 0 fully saturated rings. The van der Waals surface area contributed by atoms with Gasteiger partial charge in [-0.3, -0.25) is 9.59 Å². The first-order valence-corrected chi connectivity index (χ1v) is 8.35. The van der Waals surface area contributed by atoms with Gasteiger partial charge in [-0.1, -0.05) is 0 Å². The molecule has 2 amide bonds. The first-order chi connectivity index (χ1) is 12.5. The van der Waals surface area contributed by atoms with Crippen LogP contribution in [0.3, 0.4) is 0 Å². The second-order valence-electron chi connectivity index (χ2n) is 5.87. The Morgan fingerprint density at radius 3 is 1.85 bits per heavy atom. The number of hydrogen-bond acceptors (Lipinski definition) is 3. The summed E-state index contributed by atoms with van der Waals surface area (Å²) in [7, 11) is 1.75. The van der Waals surface area contributed by atoms with Crippen LogP contribution in [0.1, 0.15) is 6.92 Å². The van der Waals surface area contributed by atoms with Gasteiger partial charge in [0.05, 0.1) is 13.7 Å². The molecule has 0 heterocycles. The van der Waals surface area contributed by atoms with E-state index in [0.29, 0.717) is 18.0 Å². The number of nitrogens with one attached hydrogen (secondary N) is 3. The van der Waals surface area contributed by atoms with E-state index in [1.807, 2.05) is 6.92 Å². The van der Waals surface area contributed by atoms with Crippen LogP contribution in [0.4, 0.5) is 15.8 Å². The van der Waals surface area contributed by atoms with Gasteiger partial charge in [-0.2, -0.15) is 0 Å². The molecule has 2 aromatic carbocycles. The van der Waals surface area contributed by atoms with Gasteiger partial charge in [0.1, 0.15) is 11.6 Å². The Hall–Kier alpha value is -2.93. The normalized spacial score (nSPS) is 11.5. The molecule has 6 nitrogen and oxygen atoms in total. The highest BCUT2D eigenvalue weighted by atomic mass is 19.1. The fourth-order valence-corrected chi connectivity index (χ4v) is 2.36. The van der Waals surface area contributed by atoms with Gasteiger partial charge < -0.3 is 20.3 Å². The molecule has 0 radical (unpaired) electrons. The van der Waals surface area contributed by atoms with Gasteiger partial charge in [0.2, 0.25) is 0 Å². The smallest absolute Gasteiger partial charge is 0.279 e. The molecule has 0 saturated heterocycles. The second kappa shape index (κ2) is 9.53. The van der Waals surface area contributed by atoms with Crippen molar-refractivity contribution in [3.8, 4) is 5.75 Å². The van der Waals surface area contributed by atoms with Crippen molar-refractivity contribution in [1.29, 1.82) is 0 Å². The molecule has 0 aliphatic carbocycles. The molecule has 1 unspecified atom stereocenters. The number of benzene rings is 2. The maximum atomic E-state index is 12.8. The quantitative estimate of drug-likeness (QED) is 0.665. The van der Waals surface area contributed by atoms with Crippen LogP contribution in [-0.4, -0.2) is 38.6 Å². The van der Waals surface area contributed by atoms with E-state index in [0.717, 1.165) is 10.6 Å². The van der Waals surface area contributed by atoms with E-state index in [-0.39, 0.29) is 30.7 Å². The summed E-state index contributed by atoms with van der Waals surface area (Å²) >= 11 is 0. The molecule has 3 N–H and O–H groups in total. The summed E-state index contributed by atoms with van der Waals surface area (Å²) in [5, 5.41) is 5.45. The molecule has 2 rings (SSSR count). The molecular formula is C19H23FN3O3+. The standard InChI is InChI=1S/C19H22FN3O3/c1-3-26-17-10-8-16(9-11-17)22-19(25)13-23(2)12-18(24)21-15-6-4-14(20)5-7-15/h4-11H,3,12-13H2,1-2H3,(H,21,24)(H,22,25)/p+1. The highest BCUT2D eigenvalue weighted by Gasteiger charge is 2.14. The number of rotatable bonds is 8. The van der Waals surface area contributed by atoms with Crippen LogP contribution in [0.5, 0.6) is 5.75 Å². The van der Waals surface area contributed by atoms with E-state index in [2.05, 4.69) is 10.6 Å². The van der Waals surface area contributed by atoms with Crippen molar-refractivity contribution >= 4 is 23.2 Å². The zero-order chi connectivity index (χ0) is 18.9. The van der Waals surface area contributed by atoms with Crippen LogP contribution in [0.2, 0.25) is 0 Å². The molecular weight excluding hydrogens is 337 g/mol. The van der Waals surface area contributed by atoms with Gasteiger partial charge in [-0.25, -0.2) is 4.39 Å². The zero-order valence-electron chi connectivity index (χ0n) is 14.8. The maximum absolute atomic E-state index is 12.8. The van der Waals surface area contributed by atoms with E-state index in [1.54, 1.807) is 31.3 Å². The van der Waals surface area contributed by atoms with Crippen LogP contribution in [0, 0.1) is 5.82 Å². The number of carbonyl (C=O) groups is 2. The number of amides is 2. The van der Waals surface area contributed by atoms with Gasteiger partial charge in [0, 0.05) is 11.4 Å². The van der Waals surface area contributed by atoms with Gasteiger partial charge in [0.15, 0.2) is 13.1 Å². The van der Waals surface area contributed by atoms with E-state index in [9.17, 15) is 14.0 Å². The minimum atomic E-state index is -0.364.